The molecule has 11 heavy (non-hydrogen) atoms. The first-order chi connectivity index (χ1) is 4.90. The summed E-state index contributed by atoms with van der Waals surface area (Å²) in [4.78, 5) is 11.1. The molecule has 1 fully saturated rings. The molecule has 0 aliphatic carbocycles. The standard InChI is InChI=1S/C8H16N2O/c1-7(2,3)8(6(9)11)4-10-5-8/h10H,4-5H2,1-3H3,(H2,9,11). The summed E-state index contributed by atoms with van der Waals surface area (Å²) in [7, 11) is 0. The fourth-order valence-electron chi connectivity index (χ4n) is 1.45. The van der Waals surface area contributed by atoms with Crippen LogP contribution in [-0.4, -0.2) is 19.0 Å². The number of hydrogen-bond donors (Lipinski definition) is 2. The lowest BCUT2D eigenvalue weighted by atomic mass is 9.62. The molecule has 3 N–H and O–H groups in total. The smallest absolute Gasteiger partial charge is 0.226 e. The average molecular weight is 156 g/mol. The Morgan fingerprint density at radius 1 is 1.45 bits per heavy atom. The van der Waals surface area contributed by atoms with E-state index >= 15 is 0 Å². The van der Waals surface area contributed by atoms with E-state index < -0.39 is 0 Å². The Kier molecular flexibility index (Phi) is 1.71. The van der Waals surface area contributed by atoms with Gasteiger partial charge in [-0.2, -0.15) is 0 Å². The molecule has 1 aliphatic rings. The Balaban J connectivity index is 2.85. The SMILES string of the molecule is CC(C)(C)C1(C(N)=O)CNC1. The third-order valence-corrected chi connectivity index (χ3v) is 2.76. The Morgan fingerprint density at radius 2 is 1.91 bits per heavy atom. The normalized spacial score (nSPS) is 22.5. The summed E-state index contributed by atoms with van der Waals surface area (Å²) in [6, 6.07) is 0. The van der Waals surface area contributed by atoms with Crippen LogP contribution < -0.4 is 11.1 Å². The largest absolute Gasteiger partial charge is 0.369 e. The first-order valence-electron chi connectivity index (χ1n) is 3.91. The summed E-state index contributed by atoms with van der Waals surface area (Å²) < 4.78 is 0. The molecule has 0 spiro atoms. The zero-order chi connectivity index (χ0) is 8.70. The molecule has 1 aliphatic heterocycles. The maximum absolute atomic E-state index is 11.1. The van der Waals surface area contributed by atoms with E-state index in [1.54, 1.807) is 0 Å². The third-order valence-electron chi connectivity index (χ3n) is 2.76. The van der Waals surface area contributed by atoms with Gasteiger partial charge in [0.15, 0.2) is 0 Å². The second-order valence-electron chi connectivity index (χ2n) is 4.30. The van der Waals surface area contributed by atoms with Gasteiger partial charge in [0, 0.05) is 13.1 Å². The molecule has 0 aromatic heterocycles. The van der Waals surface area contributed by atoms with E-state index in [1.807, 2.05) is 0 Å². The Labute approximate surface area is 67.3 Å². The van der Waals surface area contributed by atoms with Gasteiger partial charge in [-0.05, 0) is 5.41 Å². The minimum atomic E-state index is -0.312. The topological polar surface area (TPSA) is 55.1 Å². The summed E-state index contributed by atoms with van der Waals surface area (Å²) in [6.07, 6.45) is 0. The van der Waals surface area contributed by atoms with Gasteiger partial charge in [0.05, 0.1) is 5.41 Å². The molecule has 3 nitrogen and oxygen atoms in total. The molecule has 0 aromatic rings. The van der Waals surface area contributed by atoms with E-state index in [1.165, 1.54) is 0 Å². The second kappa shape index (κ2) is 2.21. The van der Waals surface area contributed by atoms with Crippen molar-refractivity contribution >= 4 is 5.91 Å². The van der Waals surface area contributed by atoms with Crippen molar-refractivity contribution in [3.63, 3.8) is 0 Å². The van der Waals surface area contributed by atoms with Crippen LogP contribution in [0, 0.1) is 10.8 Å². The van der Waals surface area contributed by atoms with Gasteiger partial charge in [0.1, 0.15) is 0 Å². The van der Waals surface area contributed by atoms with Crippen LogP contribution in [0.3, 0.4) is 0 Å². The molecular weight excluding hydrogens is 140 g/mol. The van der Waals surface area contributed by atoms with Gasteiger partial charge in [-0.3, -0.25) is 4.79 Å². The van der Waals surface area contributed by atoms with Gasteiger partial charge in [-0.25, -0.2) is 0 Å². The molecule has 0 radical (unpaired) electrons. The first-order valence-corrected chi connectivity index (χ1v) is 3.91. The van der Waals surface area contributed by atoms with Crippen molar-refractivity contribution in [2.24, 2.45) is 16.6 Å². The monoisotopic (exact) mass is 156 g/mol. The van der Waals surface area contributed by atoms with Crippen LogP contribution >= 0.6 is 0 Å². The third kappa shape index (κ3) is 1.03. The zero-order valence-corrected chi connectivity index (χ0v) is 7.40. The predicted molar refractivity (Wildman–Crippen MR) is 44.0 cm³/mol. The first kappa shape index (κ1) is 8.53. The highest BCUT2D eigenvalue weighted by Gasteiger charge is 2.51. The van der Waals surface area contributed by atoms with Crippen LogP contribution in [0.1, 0.15) is 20.8 Å². The summed E-state index contributed by atoms with van der Waals surface area (Å²) >= 11 is 0. The lowest BCUT2D eigenvalue weighted by Crippen LogP contribution is -2.66. The van der Waals surface area contributed by atoms with Gasteiger partial charge in [0.2, 0.25) is 5.91 Å². The molecule has 3 heteroatoms. The molecule has 1 heterocycles. The summed E-state index contributed by atoms with van der Waals surface area (Å²) in [6.45, 7) is 7.62. The van der Waals surface area contributed by atoms with Crippen molar-refractivity contribution < 1.29 is 4.79 Å². The highest BCUT2D eigenvalue weighted by molar-refractivity contribution is 5.83. The highest BCUT2D eigenvalue weighted by Crippen LogP contribution is 2.41. The lowest BCUT2D eigenvalue weighted by molar-refractivity contribution is -0.138. The number of primary amides is 1. The molecule has 0 atom stereocenters. The number of carbonyl (C=O) groups excluding carboxylic acids is 1. The summed E-state index contributed by atoms with van der Waals surface area (Å²) in [5.41, 5.74) is 5.00. The van der Waals surface area contributed by atoms with E-state index in [0.29, 0.717) is 0 Å². The van der Waals surface area contributed by atoms with Crippen molar-refractivity contribution in [3.05, 3.63) is 0 Å². The van der Waals surface area contributed by atoms with Crippen molar-refractivity contribution in [1.29, 1.82) is 0 Å². The van der Waals surface area contributed by atoms with E-state index in [2.05, 4.69) is 26.1 Å². The Morgan fingerprint density at radius 3 is 1.91 bits per heavy atom. The van der Waals surface area contributed by atoms with Crippen LogP contribution in [0.2, 0.25) is 0 Å². The fraction of sp³-hybridized carbons (Fsp3) is 0.875. The minimum Gasteiger partial charge on any atom is -0.369 e. The van der Waals surface area contributed by atoms with Gasteiger partial charge in [-0.15, -0.1) is 0 Å². The highest BCUT2D eigenvalue weighted by atomic mass is 16.1. The lowest BCUT2D eigenvalue weighted by Gasteiger charge is -2.49. The maximum atomic E-state index is 11.1. The van der Waals surface area contributed by atoms with Gasteiger partial charge < -0.3 is 11.1 Å². The molecular formula is C8H16N2O. The van der Waals surface area contributed by atoms with E-state index in [4.69, 9.17) is 5.73 Å². The fourth-order valence-corrected chi connectivity index (χ4v) is 1.45. The number of carbonyl (C=O) groups is 1. The summed E-state index contributed by atoms with van der Waals surface area (Å²) in [5.74, 6) is -0.177. The molecule has 1 rings (SSSR count). The van der Waals surface area contributed by atoms with Crippen LogP contribution in [-0.2, 0) is 4.79 Å². The van der Waals surface area contributed by atoms with Crippen LogP contribution in [0.5, 0.6) is 0 Å². The van der Waals surface area contributed by atoms with Crippen molar-refractivity contribution in [2.75, 3.05) is 13.1 Å². The Hall–Kier alpha value is -0.570. The molecule has 1 saturated heterocycles. The average Bonchev–Trinajstić information content (AvgIpc) is 1.52. The van der Waals surface area contributed by atoms with Crippen LogP contribution in [0.4, 0.5) is 0 Å². The number of nitrogens with two attached hydrogens (primary N) is 1. The molecule has 0 aromatic carbocycles. The molecule has 0 saturated carbocycles. The van der Waals surface area contributed by atoms with Crippen molar-refractivity contribution in [3.8, 4) is 0 Å². The Bertz CT molecular complexity index is 177. The van der Waals surface area contributed by atoms with Crippen LogP contribution in [0.15, 0.2) is 0 Å². The van der Waals surface area contributed by atoms with E-state index in [-0.39, 0.29) is 16.7 Å². The van der Waals surface area contributed by atoms with Crippen LogP contribution in [0.25, 0.3) is 0 Å². The van der Waals surface area contributed by atoms with E-state index in [0.717, 1.165) is 13.1 Å². The molecule has 64 valence electrons. The minimum absolute atomic E-state index is 0.0237. The van der Waals surface area contributed by atoms with Crippen molar-refractivity contribution in [2.45, 2.75) is 20.8 Å². The number of hydrogen-bond acceptors (Lipinski definition) is 2. The molecule has 1 amide bonds. The number of nitrogens with one attached hydrogen (secondary N) is 1. The van der Waals surface area contributed by atoms with Gasteiger partial charge >= 0.3 is 0 Å². The number of rotatable bonds is 1. The quantitative estimate of drug-likeness (QED) is 0.566. The molecule has 0 bridgehead atoms. The number of amides is 1. The predicted octanol–water partition coefficient (Wildman–Crippen LogP) is 0.107. The summed E-state index contributed by atoms with van der Waals surface area (Å²) in [5, 5.41) is 3.09. The zero-order valence-electron chi connectivity index (χ0n) is 7.40. The maximum Gasteiger partial charge on any atom is 0.226 e. The van der Waals surface area contributed by atoms with Crippen molar-refractivity contribution in [1.82, 2.24) is 5.32 Å². The second-order valence-corrected chi connectivity index (χ2v) is 4.30. The molecule has 0 unspecified atom stereocenters. The van der Waals surface area contributed by atoms with Gasteiger partial charge in [0.25, 0.3) is 0 Å². The van der Waals surface area contributed by atoms with E-state index in [9.17, 15) is 4.79 Å². The van der Waals surface area contributed by atoms with Gasteiger partial charge in [-0.1, -0.05) is 20.8 Å².